The molecule has 3 heteroatoms. The summed E-state index contributed by atoms with van der Waals surface area (Å²) in [5, 5.41) is 3.41. The van der Waals surface area contributed by atoms with Gasteiger partial charge in [0.15, 0.2) is 0 Å². The maximum atomic E-state index is 5.27. The van der Waals surface area contributed by atoms with Crippen LogP contribution >= 0.6 is 0 Å². The van der Waals surface area contributed by atoms with Crippen molar-refractivity contribution in [1.82, 2.24) is 10.3 Å². The molecule has 2 aliphatic rings. The van der Waals surface area contributed by atoms with Crippen LogP contribution in [-0.4, -0.2) is 30.7 Å². The van der Waals surface area contributed by atoms with Gasteiger partial charge in [0.2, 0.25) is 0 Å². The number of pyridine rings is 1. The SMILES string of the molecule is C#Cc1ccc(N2C[C@@H]3CNC[C@@H]32)cn1. The minimum Gasteiger partial charge on any atom is -0.365 e. The van der Waals surface area contributed by atoms with Crippen LogP contribution < -0.4 is 10.2 Å². The van der Waals surface area contributed by atoms with E-state index in [0.29, 0.717) is 11.7 Å². The smallest absolute Gasteiger partial charge is 0.113 e. The van der Waals surface area contributed by atoms with Gasteiger partial charge >= 0.3 is 0 Å². The first kappa shape index (κ1) is 8.75. The molecule has 0 unspecified atom stereocenters. The van der Waals surface area contributed by atoms with Crippen LogP contribution in [-0.2, 0) is 0 Å². The lowest BCUT2D eigenvalue weighted by atomic mass is 9.91. The summed E-state index contributed by atoms with van der Waals surface area (Å²) in [5.41, 5.74) is 1.90. The van der Waals surface area contributed by atoms with Crippen molar-refractivity contribution in [2.75, 3.05) is 24.5 Å². The Balaban J connectivity index is 1.80. The fourth-order valence-corrected chi connectivity index (χ4v) is 2.46. The van der Waals surface area contributed by atoms with E-state index >= 15 is 0 Å². The average Bonchev–Trinajstić information content (AvgIpc) is 2.61. The topological polar surface area (TPSA) is 28.2 Å². The highest BCUT2D eigenvalue weighted by atomic mass is 15.3. The van der Waals surface area contributed by atoms with Crippen LogP contribution in [0, 0.1) is 18.3 Å². The molecule has 0 radical (unpaired) electrons. The van der Waals surface area contributed by atoms with E-state index < -0.39 is 0 Å². The minimum atomic E-state index is 0.670. The summed E-state index contributed by atoms with van der Waals surface area (Å²) in [6, 6.07) is 4.64. The third-order valence-corrected chi connectivity index (χ3v) is 3.36. The van der Waals surface area contributed by atoms with Crippen LogP contribution in [0.5, 0.6) is 0 Å². The van der Waals surface area contributed by atoms with Crippen molar-refractivity contribution in [3.8, 4) is 12.3 Å². The lowest BCUT2D eigenvalue weighted by Gasteiger charge is -2.45. The summed E-state index contributed by atoms with van der Waals surface area (Å²) in [4.78, 5) is 6.62. The first-order chi connectivity index (χ1) is 7.38. The Hall–Kier alpha value is -1.53. The molecule has 0 aliphatic carbocycles. The number of rotatable bonds is 1. The van der Waals surface area contributed by atoms with E-state index in [1.54, 1.807) is 0 Å². The molecule has 0 amide bonds. The van der Waals surface area contributed by atoms with Crippen molar-refractivity contribution < 1.29 is 0 Å². The Labute approximate surface area is 89.5 Å². The Kier molecular flexibility index (Phi) is 1.90. The van der Waals surface area contributed by atoms with Gasteiger partial charge in [-0.15, -0.1) is 6.42 Å². The van der Waals surface area contributed by atoms with Gasteiger partial charge in [-0.25, -0.2) is 4.98 Å². The van der Waals surface area contributed by atoms with Crippen molar-refractivity contribution in [3.63, 3.8) is 0 Å². The highest BCUT2D eigenvalue weighted by Crippen LogP contribution is 2.32. The van der Waals surface area contributed by atoms with Crippen molar-refractivity contribution in [3.05, 3.63) is 24.0 Å². The summed E-state index contributed by atoms with van der Waals surface area (Å²) in [6.07, 6.45) is 7.15. The molecular formula is C12H13N3. The summed E-state index contributed by atoms with van der Waals surface area (Å²) in [6.45, 7) is 3.41. The fourth-order valence-electron chi connectivity index (χ4n) is 2.46. The highest BCUT2D eigenvalue weighted by molar-refractivity contribution is 5.51. The van der Waals surface area contributed by atoms with Crippen molar-refractivity contribution in [2.45, 2.75) is 6.04 Å². The van der Waals surface area contributed by atoms with Gasteiger partial charge in [-0.1, -0.05) is 5.92 Å². The van der Waals surface area contributed by atoms with E-state index in [0.717, 1.165) is 25.6 Å². The molecule has 3 rings (SSSR count). The van der Waals surface area contributed by atoms with Crippen LogP contribution in [0.3, 0.4) is 0 Å². The second-order valence-electron chi connectivity index (χ2n) is 4.18. The van der Waals surface area contributed by atoms with Gasteiger partial charge in [-0.3, -0.25) is 0 Å². The van der Waals surface area contributed by atoms with Crippen molar-refractivity contribution in [2.24, 2.45) is 5.92 Å². The monoisotopic (exact) mass is 199 g/mol. The molecule has 1 aromatic heterocycles. The van der Waals surface area contributed by atoms with Gasteiger partial charge in [0, 0.05) is 31.6 Å². The lowest BCUT2D eigenvalue weighted by Crippen LogP contribution is -2.55. The normalized spacial score (nSPS) is 28.1. The van der Waals surface area contributed by atoms with E-state index in [9.17, 15) is 0 Å². The molecule has 3 nitrogen and oxygen atoms in total. The molecule has 2 aliphatic heterocycles. The van der Waals surface area contributed by atoms with Gasteiger partial charge in [0.05, 0.1) is 11.9 Å². The molecule has 1 N–H and O–H groups in total. The average molecular weight is 199 g/mol. The quantitative estimate of drug-likeness (QED) is 0.666. The van der Waals surface area contributed by atoms with Crippen LogP contribution in [0.15, 0.2) is 18.3 Å². The maximum absolute atomic E-state index is 5.27. The Morgan fingerprint density at radius 3 is 3.07 bits per heavy atom. The number of nitrogens with zero attached hydrogens (tertiary/aromatic N) is 2. The predicted octanol–water partition coefficient (Wildman–Crippen LogP) is 0.471. The molecule has 0 saturated carbocycles. The zero-order chi connectivity index (χ0) is 10.3. The molecule has 2 saturated heterocycles. The Bertz CT molecular complexity index is 404. The minimum absolute atomic E-state index is 0.670. The van der Waals surface area contributed by atoms with Gasteiger partial charge in [0.1, 0.15) is 5.69 Å². The number of fused-ring (bicyclic) bond motifs is 1. The molecular weight excluding hydrogens is 186 g/mol. The number of anilines is 1. The second kappa shape index (κ2) is 3.25. The molecule has 0 spiro atoms. The molecule has 15 heavy (non-hydrogen) atoms. The van der Waals surface area contributed by atoms with Gasteiger partial charge in [-0.05, 0) is 12.1 Å². The number of hydrogen-bond acceptors (Lipinski definition) is 3. The van der Waals surface area contributed by atoms with Crippen LogP contribution in [0.2, 0.25) is 0 Å². The lowest BCUT2D eigenvalue weighted by molar-refractivity contribution is 0.365. The van der Waals surface area contributed by atoms with E-state index in [1.165, 1.54) is 5.69 Å². The fraction of sp³-hybridized carbons (Fsp3) is 0.417. The largest absolute Gasteiger partial charge is 0.365 e. The molecule has 0 bridgehead atoms. The van der Waals surface area contributed by atoms with Gasteiger partial charge in [-0.2, -0.15) is 0 Å². The van der Waals surface area contributed by atoms with E-state index in [4.69, 9.17) is 6.42 Å². The van der Waals surface area contributed by atoms with E-state index in [2.05, 4.69) is 27.2 Å². The van der Waals surface area contributed by atoms with Crippen molar-refractivity contribution in [1.29, 1.82) is 0 Å². The highest BCUT2D eigenvalue weighted by Gasteiger charge is 2.42. The third kappa shape index (κ3) is 1.30. The van der Waals surface area contributed by atoms with Crippen LogP contribution in [0.4, 0.5) is 5.69 Å². The van der Waals surface area contributed by atoms with E-state index in [-0.39, 0.29) is 0 Å². The zero-order valence-corrected chi connectivity index (χ0v) is 8.48. The summed E-state index contributed by atoms with van der Waals surface area (Å²) in [7, 11) is 0. The number of nitrogens with one attached hydrogen (secondary N) is 1. The Morgan fingerprint density at radius 2 is 2.40 bits per heavy atom. The molecule has 1 aromatic rings. The van der Waals surface area contributed by atoms with Crippen molar-refractivity contribution >= 4 is 5.69 Å². The number of hydrogen-bond donors (Lipinski definition) is 1. The zero-order valence-electron chi connectivity index (χ0n) is 8.48. The molecule has 3 heterocycles. The summed E-state index contributed by atoms with van der Waals surface area (Å²) >= 11 is 0. The van der Waals surface area contributed by atoms with E-state index in [1.807, 2.05) is 12.3 Å². The van der Waals surface area contributed by atoms with Gasteiger partial charge in [0.25, 0.3) is 0 Å². The standard InChI is InChI=1S/C12H13N3/c1-2-10-3-4-11(6-14-10)15-8-9-5-13-7-12(9)15/h1,3-4,6,9,12-13H,5,7-8H2/t9-,12-/m0/s1. The number of terminal acetylenes is 1. The number of aromatic nitrogens is 1. The summed E-state index contributed by atoms with van der Waals surface area (Å²) in [5.74, 6) is 3.36. The molecule has 0 aromatic carbocycles. The summed E-state index contributed by atoms with van der Waals surface area (Å²) < 4.78 is 0. The second-order valence-corrected chi connectivity index (χ2v) is 4.18. The third-order valence-electron chi connectivity index (χ3n) is 3.36. The molecule has 2 fully saturated rings. The molecule has 2 atom stereocenters. The predicted molar refractivity (Wildman–Crippen MR) is 59.7 cm³/mol. The van der Waals surface area contributed by atoms with Crippen LogP contribution in [0.25, 0.3) is 0 Å². The van der Waals surface area contributed by atoms with Crippen LogP contribution in [0.1, 0.15) is 5.69 Å². The van der Waals surface area contributed by atoms with Gasteiger partial charge < -0.3 is 10.2 Å². The first-order valence-corrected chi connectivity index (χ1v) is 5.28. The molecule has 76 valence electrons. The Morgan fingerprint density at radius 1 is 1.47 bits per heavy atom. The maximum Gasteiger partial charge on any atom is 0.113 e. The first-order valence-electron chi connectivity index (χ1n) is 5.28.